The van der Waals surface area contributed by atoms with Crippen molar-refractivity contribution in [2.75, 3.05) is 38.8 Å². The van der Waals surface area contributed by atoms with Crippen molar-refractivity contribution in [3.63, 3.8) is 0 Å². The molecule has 0 radical (unpaired) electrons. The molecular formula is C15H23FN2O4S. The fourth-order valence-electron chi connectivity index (χ4n) is 2.78. The Hall–Kier alpha value is -1.22. The number of rotatable bonds is 5. The number of morpholine rings is 1. The van der Waals surface area contributed by atoms with E-state index in [9.17, 15) is 12.8 Å². The Labute approximate surface area is 136 Å². The number of sulfonamides is 1. The summed E-state index contributed by atoms with van der Waals surface area (Å²) >= 11 is 0. The summed E-state index contributed by atoms with van der Waals surface area (Å²) in [4.78, 5) is 1.76. The third kappa shape index (κ3) is 4.20. The van der Waals surface area contributed by atoms with Gasteiger partial charge in [-0.25, -0.2) is 17.5 Å². The molecule has 1 N–H and O–H groups in total. The molecule has 1 atom stereocenters. The molecule has 0 bridgehead atoms. The summed E-state index contributed by atoms with van der Waals surface area (Å²) in [6.07, 6.45) is -0.177. The Kier molecular flexibility index (Phi) is 5.30. The molecule has 23 heavy (non-hydrogen) atoms. The number of anilines is 1. The molecule has 6 nitrogen and oxygen atoms in total. The normalized spacial score (nSPS) is 21.4. The molecule has 130 valence electrons. The van der Waals surface area contributed by atoms with Gasteiger partial charge >= 0.3 is 0 Å². The van der Waals surface area contributed by atoms with Crippen LogP contribution in [0.15, 0.2) is 23.1 Å². The quantitative estimate of drug-likeness (QED) is 0.872. The van der Waals surface area contributed by atoms with Crippen LogP contribution in [0.1, 0.15) is 13.8 Å². The van der Waals surface area contributed by atoms with E-state index in [0.29, 0.717) is 25.4 Å². The minimum atomic E-state index is -3.66. The second-order valence-electron chi connectivity index (χ2n) is 6.16. The van der Waals surface area contributed by atoms with Gasteiger partial charge < -0.3 is 14.4 Å². The number of methoxy groups -OCH3 is 1. The number of nitrogens with zero attached hydrogens (tertiary/aromatic N) is 1. The van der Waals surface area contributed by atoms with E-state index in [1.165, 1.54) is 19.2 Å². The molecule has 0 spiro atoms. The van der Waals surface area contributed by atoms with Crippen LogP contribution < -0.4 is 9.62 Å². The minimum Gasteiger partial charge on any atom is -0.382 e. The Morgan fingerprint density at radius 1 is 1.48 bits per heavy atom. The van der Waals surface area contributed by atoms with Crippen LogP contribution in [-0.2, 0) is 19.5 Å². The molecule has 8 heteroatoms. The summed E-state index contributed by atoms with van der Waals surface area (Å²) in [5.74, 6) is -0.574. The van der Waals surface area contributed by atoms with Gasteiger partial charge in [-0.2, -0.15) is 0 Å². The van der Waals surface area contributed by atoms with Crippen LogP contribution >= 0.6 is 0 Å². The molecule has 1 aromatic rings. The van der Waals surface area contributed by atoms with Gasteiger partial charge in [0, 0.05) is 20.2 Å². The number of halogens is 1. The first kappa shape index (κ1) is 18.1. The summed E-state index contributed by atoms with van der Waals surface area (Å²) in [5.41, 5.74) is -0.0959. The van der Waals surface area contributed by atoms with E-state index in [2.05, 4.69) is 4.72 Å². The van der Waals surface area contributed by atoms with Gasteiger partial charge in [0.15, 0.2) is 0 Å². The van der Waals surface area contributed by atoms with E-state index in [0.717, 1.165) is 6.07 Å². The lowest BCUT2D eigenvalue weighted by atomic mass is 10.0. The smallest absolute Gasteiger partial charge is 0.240 e. The lowest BCUT2D eigenvalue weighted by molar-refractivity contribution is -0.106. The van der Waals surface area contributed by atoms with Gasteiger partial charge in [0.1, 0.15) is 5.82 Å². The fraction of sp³-hybridized carbons (Fsp3) is 0.600. The third-order valence-corrected chi connectivity index (χ3v) is 5.08. The predicted molar refractivity (Wildman–Crippen MR) is 85.7 cm³/mol. The number of ether oxygens (including phenoxy) is 2. The highest BCUT2D eigenvalue weighted by Gasteiger charge is 2.34. The lowest BCUT2D eigenvalue weighted by Gasteiger charge is -2.43. The van der Waals surface area contributed by atoms with Gasteiger partial charge in [0.05, 0.1) is 28.9 Å². The summed E-state index contributed by atoms with van der Waals surface area (Å²) in [5, 5.41) is 0. The van der Waals surface area contributed by atoms with Crippen molar-refractivity contribution in [3.8, 4) is 0 Å². The Morgan fingerprint density at radius 2 is 2.17 bits per heavy atom. The molecule has 0 amide bonds. The number of hydrogen-bond acceptors (Lipinski definition) is 5. The Balaban J connectivity index is 2.30. The molecule has 0 aromatic heterocycles. The highest BCUT2D eigenvalue weighted by Crippen LogP contribution is 2.29. The average molecular weight is 346 g/mol. The Bertz CT molecular complexity index is 663. The number of benzene rings is 1. The lowest BCUT2D eigenvalue weighted by Crippen LogP contribution is -2.54. The van der Waals surface area contributed by atoms with Gasteiger partial charge in [-0.15, -0.1) is 0 Å². The monoisotopic (exact) mass is 346 g/mol. The molecular weight excluding hydrogens is 323 g/mol. The molecule has 2 rings (SSSR count). The first-order valence-electron chi connectivity index (χ1n) is 7.33. The molecule has 1 unspecified atom stereocenters. The van der Waals surface area contributed by atoms with Crippen LogP contribution in [0, 0.1) is 5.82 Å². The molecule has 0 aliphatic carbocycles. The van der Waals surface area contributed by atoms with Crippen LogP contribution in [0.2, 0.25) is 0 Å². The van der Waals surface area contributed by atoms with E-state index < -0.39 is 21.4 Å². The second-order valence-corrected chi connectivity index (χ2v) is 8.04. The van der Waals surface area contributed by atoms with Gasteiger partial charge in [-0.05, 0) is 39.1 Å². The summed E-state index contributed by atoms with van der Waals surface area (Å²) in [7, 11) is -0.780. The third-order valence-electron chi connectivity index (χ3n) is 3.67. The first-order valence-corrected chi connectivity index (χ1v) is 8.81. The number of nitrogens with one attached hydrogen (secondary N) is 1. The zero-order valence-electron chi connectivity index (χ0n) is 13.8. The van der Waals surface area contributed by atoms with Crippen LogP contribution in [0.4, 0.5) is 10.1 Å². The molecule has 0 saturated carbocycles. The zero-order valence-corrected chi connectivity index (χ0v) is 14.6. The molecule has 1 heterocycles. The maximum atomic E-state index is 14.5. The standard InChI is InChI=1S/C15H23FN2O4S/c1-15(2)10-18(8-11(22-15)9-21-4)14-6-5-12(7-13(14)16)23(19,20)17-3/h5-7,11,17H,8-10H2,1-4H3. The van der Waals surface area contributed by atoms with Gasteiger partial charge in [0.2, 0.25) is 10.0 Å². The Morgan fingerprint density at radius 3 is 2.74 bits per heavy atom. The highest BCUT2D eigenvalue weighted by atomic mass is 32.2. The maximum absolute atomic E-state index is 14.5. The molecule has 1 aliphatic heterocycles. The van der Waals surface area contributed by atoms with E-state index in [-0.39, 0.29) is 11.0 Å². The van der Waals surface area contributed by atoms with E-state index in [1.54, 1.807) is 7.11 Å². The summed E-state index contributed by atoms with van der Waals surface area (Å²) < 4.78 is 51.2. The van der Waals surface area contributed by atoms with Crippen LogP contribution in [0.5, 0.6) is 0 Å². The minimum absolute atomic E-state index is 0.0952. The molecule has 1 saturated heterocycles. The van der Waals surface area contributed by atoms with Crippen molar-refractivity contribution >= 4 is 15.7 Å². The summed E-state index contributed by atoms with van der Waals surface area (Å²) in [6, 6.07) is 3.93. The van der Waals surface area contributed by atoms with Crippen LogP contribution in [0.25, 0.3) is 0 Å². The van der Waals surface area contributed by atoms with Crippen LogP contribution in [-0.4, -0.2) is 54.0 Å². The maximum Gasteiger partial charge on any atom is 0.240 e. The van der Waals surface area contributed by atoms with Crippen LogP contribution in [0.3, 0.4) is 0 Å². The van der Waals surface area contributed by atoms with Crippen molar-refractivity contribution in [1.82, 2.24) is 4.72 Å². The fourth-order valence-corrected chi connectivity index (χ4v) is 3.52. The topological polar surface area (TPSA) is 67.9 Å². The average Bonchev–Trinajstić information content (AvgIpc) is 2.45. The predicted octanol–water partition coefficient (Wildman–Crippen LogP) is 1.36. The van der Waals surface area contributed by atoms with Crippen molar-refractivity contribution in [2.45, 2.75) is 30.4 Å². The highest BCUT2D eigenvalue weighted by molar-refractivity contribution is 7.89. The van der Waals surface area contributed by atoms with Crippen molar-refractivity contribution in [2.24, 2.45) is 0 Å². The molecule has 1 aliphatic rings. The molecule has 1 aromatic carbocycles. The molecule has 1 fully saturated rings. The largest absolute Gasteiger partial charge is 0.382 e. The SMILES string of the molecule is CNS(=O)(=O)c1ccc(N2CC(COC)OC(C)(C)C2)c(F)c1. The van der Waals surface area contributed by atoms with E-state index in [1.807, 2.05) is 18.7 Å². The second kappa shape index (κ2) is 6.72. The van der Waals surface area contributed by atoms with Gasteiger partial charge in [0.25, 0.3) is 0 Å². The zero-order chi connectivity index (χ0) is 17.3. The number of hydrogen-bond donors (Lipinski definition) is 1. The van der Waals surface area contributed by atoms with Crippen molar-refractivity contribution < 1.29 is 22.3 Å². The summed E-state index contributed by atoms with van der Waals surface area (Å²) in [6.45, 7) is 5.25. The van der Waals surface area contributed by atoms with Crippen molar-refractivity contribution in [1.29, 1.82) is 0 Å². The van der Waals surface area contributed by atoms with E-state index >= 15 is 0 Å². The first-order chi connectivity index (χ1) is 10.7. The van der Waals surface area contributed by atoms with Gasteiger partial charge in [-0.1, -0.05) is 0 Å². The van der Waals surface area contributed by atoms with Crippen molar-refractivity contribution in [3.05, 3.63) is 24.0 Å². The van der Waals surface area contributed by atoms with E-state index in [4.69, 9.17) is 9.47 Å². The van der Waals surface area contributed by atoms with Gasteiger partial charge in [-0.3, -0.25) is 0 Å².